The zero-order chi connectivity index (χ0) is 30.6. The fourth-order valence-electron chi connectivity index (χ4n) is 4.26. The molecule has 1 saturated heterocycles. The van der Waals surface area contributed by atoms with E-state index in [1.807, 2.05) is 56.3 Å². The third kappa shape index (κ3) is 7.27. The molecule has 2 heterocycles. The summed E-state index contributed by atoms with van der Waals surface area (Å²) in [6.45, 7) is 3.94. The van der Waals surface area contributed by atoms with Crippen molar-refractivity contribution in [1.29, 1.82) is 0 Å². The van der Waals surface area contributed by atoms with Gasteiger partial charge in [-0.3, -0.25) is 15.1 Å². The highest BCUT2D eigenvalue weighted by molar-refractivity contribution is 8.15. The van der Waals surface area contributed by atoms with Gasteiger partial charge >= 0.3 is 6.36 Å². The number of hydrazone groups is 1. The van der Waals surface area contributed by atoms with Crippen LogP contribution in [-0.4, -0.2) is 49.3 Å². The molecule has 1 N–H and O–H groups in total. The minimum absolute atomic E-state index is 0.0561. The molecule has 0 bridgehead atoms. The minimum Gasteiger partial charge on any atom is -0.406 e. The van der Waals surface area contributed by atoms with Crippen molar-refractivity contribution in [2.24, 2.45) is 10.1 Å². The zero-order valence-electron chi connectivity index (χ0n) is 22.9. The van der Waals surface area contributed by atoms with Crippen LogP contribution in [0.2, 0.25) is 0 Å². The van der Waals surface area contributed by atoms with E-state index in [0.29, 0.717) is 16.7 Å². The Kier molecular flexibility index (Phi) is 8.87. The molecular weight excluding hydrogens is 599 g/mol. The maximum atomic E-state index is 12.6. The SMILES string of the molecule is CCc1ccccc1N1C(=O)CSC1=NC(=S)N/N=C/c1ccc(-c2ncn(-c3ccc(OC(F)(F)F)cc3)n2)cc1C. The smallest absolute Gasteiger partial charge is 0.406 e. The van der Waals surface area contributed by atoms with E-state index in [-0.39, 0.29) is 22.5 Å². The Labute approximate surface area is 254 Å². The maximum absolute atomic E-state index is 12.6. The van der Waals surface area contributed by atoms with Gasteiger partial charge in [0.2, 0.25) is 11.0 Å². The van der Waals surface area contributed by atoms with Gasteiger partial charge in [-0.2, -0.15) is 10.1 Å². The summed E-state index contributed by atoms with van der Waals surface area (Å²) in [6, 6.07) is 18.6. The highest BCUT2D eigenvalue weighted by Gasteiger charge is 2.32. The Balaban J connectivity index is 1.23. The number of thioether (sulfide) groups is 1. The average Bonchev–Trinajstić information content (AvgIpc) is 3.60. The fraction of sp³-hybridized carbons (Fsp3) is 0.172. The van der Waals surface area contributed by atoms with Crippen molar-refractivity contribution in [3.63, 3.8) is 0 Å². The number of nitrogens with one attached hydrogen (secondary N) is 1. The summed E-state index contributed by atoms with van der Waals surface area (Å²) >= 11 is 6.68. The molecule has 0 saturated carbocycles. The number of thiocarbonyl (C=S) groups is 1. The van der Waals surface area contributed by atoms with E-state index in [2.05, 4.69) is 30.3 Å². The second-order valence-corrected chi connectivity index (χ2v) is 10.5. The number of halogens is 3. The summed E-state index contributed by atoms with van der Waals surface area (Å²) < 4.78 is 42.6. The van der Waals surface area contributed by atoms with E-state index in [1.165, 1.54) is 47.0 Å². The molecule has 1 aliphatic rings. The lowest BCUT2D eigenvalue weighted by atomic mass is 10.1. The third-order valence-electron chi connectivity index (χ3n) is 6.29. The number of hydrogen-bond donors (Lipinski definition) is 1. The number of hydrogen-bond acceptors (Lipinski definition) is 7. The van der Waals surface area contributed by atoms with Gasteiger partial charge in [0.25, 0.3) is 0 Å². The van der Waals surface area contributed by atoms with Gasteiger partial charge in [0, 0.05) is 5.56 Å². The van der Waals surface area contributed by atoms with E-state index >= 15 is 0 Å². The van der Waals surface area contributed by atoms with Gasteiger partial charge in [-0.05, 0) is 78.7 Å². The molecule has 0 radical (unpaired) electrons. The lowest BCUT2D eigenvalue weighted by Gasteiger charge is -2.19. The molecule has 0 spiro atoms. The number of para-hydroxylation sites is 1. The quantitative estimate of drug-likeness (QED) is 0.152. The monoisotopic (exact) mass is 623 g/mol. The van der Waals surface area contributed by atoms with Crippen molar-refractivity contribution < 1.29 is 22.7 Å². The molecule has 1 aliphatic heterocycles. The van der Waals surface area contributed by atoms with E-state index in [4.69, 9.17) is 12.2 Å². The highest BCUT2D eigenvalue weighted by Crippen LogP contribution is 2.30. The Bertz CT molecular complexity index is 1720. The molecule has 43 heavy (non-hydrogen) atoms. The first-order valence-corrected chi connectivity index (χ1v) is 14.3. The summed E-state index contributed by atoms with van der Waals surface area (Å²) in [6.07, 6.45) is -0.894. The molecule has 4 aromatic rings. The summed E-state index contributed by atoms with van der Waals surface area (Å²) in [5.41, 5.74) is 7.57. The summed E-state index contributed by atoms with van der Waals surface area (Å²) in [7, 11) is 0. The van der Waals surface area contributed by atoms with E-state index in [1.54, 1.807) is 11.1 Å². The second kappa shape index (κ2) is 12.8. The first-order valence-electron chi connectivity index (χ1n) is 13.0. The van der Waals surface area contributed by atoms with Crippen LogP contribution in [0.3, 0.4) is 0 Å². The first-order chi connectivity index (χ1) is 20.6. The number of carbonyl (C=O) groups excluding carboxylic acids is 1. The average molecular weight is 624 g/mol. The van der Waals surface area contributed by atoms with Crippen LogP contribution in [0.5, 0.6) is 5.75 Å². The van der Waals surface area contributed by atoms with E-state index in [0.717, 1.165) is 34.4 Å². The van der Waals surface area contributed by atoms with Crippen LogP contribution in [0.25, 0.3) is 17.1 Å². The van der Waals surface area contributed by atoms with Gasteiger partial charge < -0.3 is 4.74 Å². The van der Waals surface area contributed by atoms with Crippen molar-refractivity contribution >= 4 is 52.1 Å². The van der Waals surface area contributed by atoms with Crippen LogP contribution in [0.1, 0.15) is 23.6 Å². The van der Waals surface area contributed by atoms with Crippen LogP contribution < -0.4 is 15.1 Å². The molecule has 1 aromatic heterocycles. The molecular formula is C29H24F3N7O2S2. The summed E-state index contributed by atoms with van der Waals surface area (Å²) in [5.74, 6) is 0.346. The number of alkyl halides is 3. The van der Waals surface area contributed by atoms with Crippen LogP contribution in [0.15, 0.2) is 83.2 Å². The van der Waals surface area contributed by atoms with Crippen molar-refractivity contribution in [2.75, 3.05) is 10.7 Å². The molecule has 5 rings (SSSR count). The third-order valence-corrected chi connectivity index (χ3v) is 7.40. The number of anilines is 1. The second-order valence-electron chi connectivity index (χ2n) is 9.20. The number of amidine groups is 1. The number of rotatable bonds is 7. The predicted molar refractivity (Wildman–Crippen MR) is 165 cm³/mol. The maximum Gasteiger partial charge on any atom is 0.573 e. The molecule has 9 nitrogen and oxygen atoms in total. The number of carbonyl (C=O) groups is 1. The molecule has 3 aromatic carbocycles. The lowest BCUT2D eigenvalue weighted by molar-refractivity contribution is -0.274. The topological polar surface area (TPSA) is 97.0 Å². The number of nitrogens with zero attached hydrogens (tertiary/aromatic N) is 6. The van der Waals surface area contributed by atoms with Crippen LogP contribution in [0.4, 0.5) is 18.9 Å². The fourth-order valence-corrected chi connectivity index (χ4v) is 5.32. The van der Waals surface area contributed by atoms with Crippen molar-refractivity contribution in [3.05, 3.63) is 89.7 Å². The Morgan fingerprint density at radius 2 is 1.93 bits per heavy atom. The van der Waals surface area contributed by atoms with Gasteiger partial charge in [0.15, 0.2) is 11.0 Å². The molecule has 0 atom stereocenters. The van der Waals surface area contributed by atoms with Crippen molar-refractivity contribution in [1.82, 2.24) is 20.2 Å². The standard InChI is InChI=1S/C29H24F3N7O2S2/c1-3-19-6-4-5-7-24(19)39-25(40)16-43-28(39)35-27(42)36-34-15-21-9-8-20(14-18(21)2)26-33-17-38(37-26)22-10-12-23(13-11-22)41-29(30,31)32/h4-15,17H,3,16H2,1-2H3,(H,36,42)/b34-15+,35-28?. The van der Waals surface area contributed by atoms with E-state index in [9.17, 15) is 18.0 Å². The van der Waals surface area contributed by atoms with Crippen LogP contribution >= 0.6 is 24.0 Å². The Hall–Kier alpha value is -4.56. The highest BCUT2D eigenvalue weighted by atomic mass is 32.2. The van der Waals surface area contributed by atoms with Gasteiger partial charge in [-0.25, -0.2) is 9.67 Å². The first kappa shape index (κ1) is 29.9. The molecule has 0 aliphatic carbocycles. The van der Waals surface area contributed by atoms with Gasteiger partial charge in [-0.15, -0.1) is 18.3 Å². The Morgan fingerprint density at radius 1 is 1.16 bits per heavy atom. The minimum atomic E-state index is -4.76. The summed E-state index contributed by atoms with van der Waals surface area (Å²) in [4.78, 5) is 23.0. The van der Waals surface area contributed by atoms with Crippen molar-refractivity contribution in [3.8, 4) is 22.8 Å². The number of aromatic nitrogens is 3. The molecule has 1 amide bonds. The van der Waals surface area contributed by atoms with Gasteiger partial charge in [0.1, 0.15) is 12.1 Å². The predicted octanol–water partition coefficient (Wildman–Crippen LogP) is 6.05. The van der Waals surface area contributed by atoms with Crippen LogP contribution in [0, 0.1) is 6.92 Å². The lowest BCUT2D eigenvalue weighted by Crippen LogP contribution is -2.31. The van der Waals surface area contributed by atoms with E-state index < -0.39 is 6.36 Å². The van der Waals surface area contributed by atoms with Gasteiger partial charge in [-0.1, -0.05) is 49.0 Å². The molecule has 0 unspecified atom stereocenters. The largest absolute Gasteiger partial charge is 0.573 e. The molecule has 220 valence electrons. The number of amides is 1. The zero-order valence-corrected chi connectivity index (χ0v) is 24.5. The number of ether oxygens (including phenoxy) is 1. The van der Waals surface area contributed by atoms with Crippen molar-refractivity contribution in [2.45, 2.75) is 26.6 Å². The molecule has 1 fully saturated rings. The molecule has 14 heteroatoms. The van der Waals surface area contributed by atoms with Crippen LogP contribution in [-0.2, 0) is 11.2 Å². The Morgan fingerprint density at radius 3 is 2.65 bits per heavy atom. The number of aliphatic imine (C=N–C) groups is 1. The number of aryl methyl sites for hydroxylation is 2. The van der Waals surface area contributed by atoms with Gasteiger partial charge in [0.05, 0.1) is 23.3 Å². The number of benzene rings is 3. The summed E-state index contributed by atoms with van der Waals surface area (Å²) in [5, 5.41) is 9.27. The normalized spacial score (nSPS) is 14.6.